The molecule has 4 amide bonds. The fourth-order valence-corrected chi connectivity index (χ4v) is 6.22. The van der Waals surface area contributed by atoms with Gasteiger partial charge >= 0.3 is 0 Å². The third-order valence-corrected chi connectivity index (χ3v) is 8.34. The lowest BCUT2D eigenvalue weighted by Gasteiger charge is -2.50. The van der Waals surface area contributed by atoms with Crippen molar-refractivity contribution in [1.29, 1.82) is 0 Å². The highest BCUT2D eigenvalue weighted by atomic mass is 32.2. The number of hydrogen-bond acceptors (Lipinski definition) is 12. The Labute approximate surface area is 234 Å². The highest BCUT2D eigenvalue weighted by Gasteiger charge is 2.53. The van der Waals surface area contributed by atoms with Crippen molar-refractivity contribution in [1.82, 2.24) is 20.5 Å². The number of carboxylic acid groups (broad SMARTS) is 1. The van der Waals surface area contributed by atoms with E-state index in [4.69, 9.17) is 16.3 Å². The fourth-order valence-electron chi connectivity index (χ4n) is 4.34. The first kappa shape index (κ1) is 27.1. The SMILES string of the molecule is NC(=O)c1cc[n+](CC2=C(C(=O)[O-])N3C(=O)[C@@H](NC(=O)/C(=N\OC4CCNC4=O)c4csc(N)n4)[C@@H]3SC2)cc1. The molecular formula is C23H22N8O7S2. The van der Waals surface area contributed by atoms with Crippen molar-refractivity contribution in [2.75, 3.05) is 18.0 Å². The first-order valence-electron chi connectivity index (χ1n) is 11.8. The molecule has 2 aromatic rings. The maximum Gasteiger partial charge on any atom is 0.276 e. The van der Waals surface area contributed by atoms with Gasteiger partial charge in [-0.15, -0.1) is 23.1 Å². The third-order valence-electron chi connectivity index (χ3n) is 6.33. The Hall–Kier alpha value is -4.51. The molecule has 17 heteroatoms. The lowest BCUT2D eigenvalue weighted by Crippen LogP contribution is -2.71. The molecule has 3 aliphatic heterocycles. The van der Waals surface area contributed by atoms with Crippen molar-refractivity contribution in [3.63, 3.8) is 0 Å². The monoisotopic (exact) mass is 586 g/mol. The summed E-state index contributed by atoms with van der Waals surface area (Å²) >= 11 is 2.33. The molecule has 5 rings (SSSR count). The summed E-state index contributed by atoms with van der Waals surface area (Å²) in [5.41, 5.74) is 11.2. The Bertz CT molecular complexity index is 1470. The summed E-state index contributed by atoms with van der Waals surface area (Å²) in [7, 11) is 0. The quantitative estimate of drug-likeness (QED) is 0.0997. The maximum absolute atomic E-state index is 13.2. The predicted octanol–water partition coefficient (Wildman–Crippen LogP) is -3.17. The summed E-state index contributed by atoms with van der Waals surface area (Å²) in [6.07, 6.45) is 2.62. The Morgan fingerprint density at radius 3 is 2.65 bits per heavy atom. The van der Waals surface area contributed by atoms with Crippen LogP contribution in [0, 0.1) is 0 Å². The molecule has 40 heavy (non-hydrogen) atoms. The Kier molecular flexibility index (Phi) is 7.40. The van der Waals surface area contributed by atoms with E-state index in [1.54, 1.807) is 17.0 Å². The largest absolute Gasteiger partial charge is 0.543 e. The average molecular weight is 587 g/mol. The number of aliphatic carboxylic acids is 1. The van der Waals surface area contributed by atoms with Crippen LogP contribution in [-0.2, 0) is 30.6 Å². The number of nitrogen functional groups attached to an aromatic ring is 1. The molecule has 0 aromatic carbocycles. The number of pyridine rings is 1. The van der Waals surface area contributed by atoms with E-state index < -0.39 is 41.2 Å². The number of rotatable bonds is 9. The van der Waals surface area contributed by atoms with Gasteiger partial charge in [0.15, 0.2) is 29.8 Å². The molecule has 2 aromatic heterocycles. The Morgan fingerprint density at radius 2 is 2.05 bits per heavy atom. The molecule has 1 unspecified atom stereocenters. The van der Waals surface area contributed by atoms with Crippen molar-refractivity contribution >= 4 is 63.5 Å². The lowest BCUT2D eigenvalue weighted by atomic mass is 10.0. The van der Waals surface area contributed by atoms with Crippen LogP contribution < -0.4 is 31.8 Å². The van der Waals surface area contributed by atoms with Gasteiger partial charge in [-0.1, -0.05) is 5.16 Å². The molecule has 0 radical (unpaired) electrons. The van der Waals surface area contributed by atoms with Gasteiger partial charge in [-0.2, -0.15) is 0 Å². The van der Waals surface area contributed by atoms with Crippen molar-refractivity contribution in [2.24, 2.45) is 10.9 Å². The number of carboxylic acids is 1. The van der Waals surface area contributed by atoms with Crippen LogP contribution in [0.2, 0.25) is 0 Å². The van der Waals surface area contributed by atoms with Crippen LogP contribution in [0.25, 0.3) is 0 Å². The van der Waals surface area contributed by atoms with E-state index in [9.17, 15) is 29.1 Å². The first-order chi connectivity index (χ1) is 19.1. The van der Waals surface area contributed by atoms with Crippen LogP contribution in [0.1, 0.15) is 22.5 Å². The molecule has 3 aliphatic rings. The molecule has 208 valence electrons. The number of anilines is 1. The van der Waals surface area contributed by atoms with E-state index in [1.165, 1.54) is 29.3 Å². The van der Waals surface area contributed by atoms with E-state index in [2.05, 4.69) is 20.8 Å². The number of primary amides is 1. The number of amides is 4. The number of aromatic nitrogens is 2. The smallest absolute Gasteiger partial charge is 0.276 e. The molecule has 0 spiro atoms. The Morgan fingerprint density at radius 1 is 1.30 bits per heavy atom. The molecular weight excluding hydrogens is 564 g/mol. The first-order valence-corrected chi connectivity index (χ1v) is 13.8. The summed E-state index contributed by atoms with van der Waals surface area (Å²) in [5.74, 6) is -3.72. The van der Waals surface area contributed by atoms with Gasteiger partial charge in [0.05, 0.1) is 17.2 Å². The van der Waals surface area contributed by atoms with Gasteiger partial charge in [0.25, 0.3) is 17.7 Å². The molecule has 6 N–H and O–H groups in total. The van der Waals surface area contributed by atoms with E-state index in [0.717, 1.165) is 16.2 Å². The fraction of sp³-hybridized carbons (Fsp3) is 0.304. The van der Waals surface area contributed by atoms with Crippen molar-refractivity contribution in [2.45, 2.75) is 30.5 Å². The molecule has 0 bridgehead atoms. The van der Waals surface area contributed by atoms with E-state index in [1.807, 2.05) is 0 Å². The Balaban J connectivity index is 1.33. The zero-order valence-electron chi connectivity index (χ0n) is 20.6. The van der Waals surface area contributed by atoms with Crippen molar-refractivity contribution in [3.05, 3.63) is 52.4 Å². The molecule has 0 aliphatic carbocycles. The standard InChI is InChI=1S/C23H22N8O7S2/c24-17(32)10-2-5-30(6-3-10)7-11-8-39-21-15(20(35)31(21)16(11)22(36)37)28-19(34)14(12-9-40-23(25)27-12)29-38-13-1-4-26-18(13)33/h2-3,5-6,9,13,15,21H,1,4,7-8H2,(H6-,24,25,26,27,28,32,33,34,36,37)/b29-14-/t13?,15-,21+/m1/s1. The normalized spacial score (nSPS) is 22.4. The number of thioether (sulfide) groups is 1. The van der Waals surface area contributed by atoms with E-state index in [-0.39, 0.29) is 40.4 Å². The van der Waals surface area contributed by atoms with E-state index >= 15 is 0 Å². The number of nitrogens with one attached hydrogen (secondary N) is 2. The molecule has 2 saturated heterocycles. The van der Waals surface area contributed by atoms with Crippen LogP contribution in [0.5, 0.6) is 0 Å². The maximum atomic E-state index is 13.2. The second kappa shape index (κ2) is 10.9. The zero-order valence-corrected chi connectivity index (χ0v) is 22.2. The number of thiazole rings is 1. The van der Waals surface area contributed by atoms with Gasteiger partial charge in [0.2, 0.25) is 12.0 Å². The van der Waals surface area contributed by atoms with Crippen LogP contribution >= 0.6 is 23.1 Å². The topological polar surface area (TPSA) is 226 Å². The highest BCUT2D eigenvalue weighted by molar-refractivity contribution is 8.00. The zero-order chi connectivity index (χ0) is 28.6. The van der Waals surface area contributed by atoms with Gasteiger partial charge in [0.1, 0.15) is 17.1 Å². The third kappa shape index (κ3) is 5.20. The second-order valence-corrected chi connectivity index (χ2v) is 10.9. The minimum absolute atomic E-state index is 0.0929. The second-order valence-electron chi connectivity index (χ2n) is 8.91. The average Bonchev–Trinajstić information content (AvgIpc) is 3.54. The number of nitrogens with zero attached hydrogens (tertiary/aromatic N) is 4. The van der Waals surface area contributed by atoms with Crippen LogP contribution in [0.4, 0.5) is 5.13 Å². The van der Waals surface area contributed by atoms with Crippen LogP contribution in [0.3, 0.4) is 0 Å². The lowest BCUT2D eigenvalue weighted by molar-refractivity contribution is -0.689. The van der Waals surface area contributed by atoms with E-state index in [0.29, 0.717) is 24.1 Å². The van der Waals surface area contributed by atoms with Crippen LogP contribution in [-0.4, -0.2) is 75.0 Å². The van der Waals surface area contributed by atoms with Gasteiger partial charge in [0, 0.05) is 41.8 Å². The number of carbonyl (C=O) groups excluding carboxylic acids is 5. The summed E-state index contributed by atoms with van der Waals surface area (Å²) < 4.78 is 1.64. The number of carbonyl (C=O) groups is 5. The number of β-lactam (4-membered cyclic amide) rings is 1. The van der Waals surface area contributed by atoms with Gasteiger partial charge in [-0.05, 0) is 0 Å². The number of oxime groups is 1. The predicted molar refractivity (Wildman–Crippen MR) is 138 cm³/mol. The minimum Gasteiger partial charge on any atom is -0.543 e. The summed E-state index contributed by atoms with van der Waals surface area (Å²) in [6, 6.07) is 1.93. The number of nitrogens with two attached hydrogens (primary N) is 2. The summed E-state index contributed by atoms with van der Waals surface area (Å²) in [6.45, 7) is 0.528. The number of hydrogen-bond donors (Lipinski definition) is 4. The van der Waals surface area contributed by atoms with Crippen molar-refractivity contribution < 1.29 is 38.5 Å². The van der Waals surface area contributed by atoms with Gasteiger partial charge in [-0.3, -0.25) is 24.1 Å². The van der Waals surface area contributed by atoms with Crippen molar-refractivity contribution in [3.8, 4) is 0 Å². The molecule has 5 heterocycles. The van der Waals surface area contributed by atoms with Crippen LogP contribution in [0.15, 0.2) is 46.3 Å². The molecule has 15 nitrogen and oxygen atoms in total. The minimum atomic E-state index is -1.53. The summed E-state index contributed by atoms with van der Waals surface area (Å²) in [5, 5.41) is 22.0. The number of fused-ring (bicyclic) bond motifs is 1. The van der Waals surface area contributed by atoms with Gasteiger partial charge in [-0.25, -0.2) is 9.55 Å². The molecule has 3 atom stereocenters. The molecule has 2 fully saturated rings. The van der Waals surface area contributed by atoms with Gasteiger partial charge < -0.3 is 36.8 Å². The molecule has 0 saturated carbocycles. The highest BCUT2D eigenvalue weighted by Crippen LogP contribution is 2.40. The summed E-state index contributed by atoms with van der Waals surface area (Å²) in [4.78, 5) is 71.9.